The number of rotatable bonds is 4. The van der Waals surface area contributed by atoms with E-state index in [0.29, 0.717) is 6.54 Å². The SMILES string of the molecule is CN(C)C(=O)N(CC(=O)N1CCc2sccc2C1c1ccc(F)cc1)C1CC1. The summed E-state index contributed by atoms with van der Waals surface area (Å²) in [7, 11) is 3.42. The quantitative estimate of drug-likeness (QED) is 0.787. The van der Waals surface area contributed by atoms with E-state index in [4.69, 9.17) is 0 Å². The number of fused-ring (bicyclic) bond motifs is 1. The van der Waals surface area contributed by atoms with Gasteiger partial charge in [-0.25, -0.2) is 9.18 Å². The van der Waals surface area contributed by atoms with Crippen molar-refractivity contribution in [3.63, 3.8) is 0 Å². The van der Waals surface area contributed by atoms with Gasteiger partial charge in [0.1, 0.15) is 12.4 Å². The van der Waals surface area contributed by atoms with Crippen LogP contribution in [-0.4, -0.2) is 59.9 Å². The molecule has 28 heavy (non-hydrogen) atoms. The first-order valence-electron chi connectivity index (χ1n) is 9.55. The second-order valence-corrected chi connectivity index (χ2v) is 8.63. The van der Waals surface area contributed by atoms with Crippen LogP contribution in [0, 0.1) is 5.82 Å². The predicted octanol–water partition coefficient (Wildman–Crippen LogP) is 3.51. The first-order chi connectivity index (χ1) is 13.5. The van der Waals surface area contributed by atoms with Gasteiger partial charge in [-0.1, -0.05) is 12.1 Å². The molecule has 7 heteroatoms. The lowest BCUT2D eigenvalue weighted by Gasteiger charge is -2.38. The van der Waals surface area contributed by atoms with Crippen molar-refractivity contribution in [1.82, 2.24) is 14.7 Å². The van der Waals surface area contributed by atoms with E-state index >= 15 is 0 Å². The Morgan fingerprint density at radius 2 is 1.89 bits per heavy atom. The molecule has 1 aliphatic heterocycles. The summed E-state index contributed by atoms with van der Waals surface area (Å²) in [4.78, 5) is 32.1. The van der Waals surface area contributed by atoms with E-state index < -0.39 is 0 Å². The summed E-state index contributed by atoms with van der Waals surface area (Å²) in [5, 5.41) is 2.04. The zero-order valence-electron chi connectivity index (χ0n) is 16.1. The number of halogens is 1. The van der Waals surface area contributed by atoms with Crippen LogP contribution in [-0.2, 0) is 11.2 Å². The van der Waals surface area contributed by atoms with Crippen LogP contribution in [0.25, 0.3) is 0 Å². The summed E-state index contributed by atoms with van der Waals surface area (Å²) in [6.45, 7) is 0.682. The lowest BCUT2D eigenvalue weighted by Crippen LogP contribution is -2.49. The normalized spacial score (nSPS) is 18.5. The van der Waals surface area contributed by atoms with Crippen molar-refractivity contribution in [2.45, 2.75) is 31.3 Å². The van der Waals surface area contributed by atoms with Gasteiger partial charge in [0.2, 0.25) is 5.91 Å². The molecule has 0 saturated heterocycles. The van der Waals surface area contributed by atoms with Gasteiger partial charge in [-0.2, -0.15) is 0 Å². The Labute approximate surface area is 168 Å². The number of amides is 3. The van der Waals surface area contributed by atoms with Crippen molar-refractivity contribution in [3.05, 3.63) is 57.5 Å². The highest BCUT2D eigenvalue weighted by atomic mass is 32.1. The summed E-state index contributed by atoms with van der Waals surface area (Å²) in [6, 6.07) is 8.21. The van der Waals surface area contributed by atoms with Crippen molar-refractivity contribution in [2.24, 2.45) is 0 Å². The maximum absolute atomic E-state index is 13.5. The van der Waals surface area contributed by atoms with Crippen LogP contribution in [0.1, 0.15) is 34.9 Å². The van der Waals surface area contributed by atoms with Gasteiger partial charge in [-0.05, 0) is 54.0 Å². The van der Waals surface area contributed by atoms with E-state index in [0.717, 1.165) is 30.4 Å². The van der Waals surface area contributed by atoms with Crippen molar-refractivity contribution in [2.75, 3.05) is 27.2 Å². The molecule has 1 aromatic carbocycles. The standard InChI is InChI=1S/C21H24FN3O2S/c1-23(2)21(27)25(16-7-8-16)13-19(26)24-11-9-18-17(10-12-28-18)20(24)14-3-5-15(22)6-4-14/h3-6,10,12,16,20H,7-9,11,13H2,1-2H3. The van der Waals surface area contributed by atoms with Crippen LogP contribution in [0.2, 0.25) is 0 Å². The number of thiophene rings is 1. The molecule has 1 unspecified atom stereocenters. The molecule has 0 bridgehead atoms. The third-order valence-electron chi connectivity index (χ3n) is 5.39. The predicted molar refractivity (Wildman–Crippen MR) is 107 cm³/mol. The number of hydrogen-bond donors (Lipinski definition) is 0. The molecule has 0 N–H and O–H groups in total. The van der Waals surface area contributed by atoms with Gasteiger partial charge in [-0.3, -0.25) is 4.79 Å². The molecule has 5 nitrogen and oxygen atoms in total. The van der Waals surface area contributed by atoms with Gasteiger partial charge in [-0.15, -0.1) is 11.3 Å². The lowest BCUT2D eigenvalue weighted by molar-refractivity contribution is -0.134. The van der Waals surface area contributed by atoms with Crippen molar-refractivity contribution < 1.29 is 14.0 Å². The molecule has 1 saturated carbocycles. The molecule has 2 aromatic rings. The Kier molecular flexibility index (Phi) is 5.10. The number of carbonyl (C=O) groups excluding carboxylic acids is 2. The highest BCUT2D eigenvalue weighted by molar-refractivity contribution is 7.10. The summed E-state index contributed by atoms with van der Waals surface area (Å²) in [5.41, 5.74) is 2.00. The smallest absolute Gasteiger partial charge is 0.320 e. The Balaban J connectivity index is 1.62. The third-order valence-corrected chi connectivity index (χ3v) is 6.39. The summed E-state index contributed by atoms with van der Waals surface area (Å²) < 4.78 is 13.5. The minimum absolute atomic E-state index is 0.0618. The average molecular weight is 402 g/mol. The Morgan fingerprint density at radius 1 is 1.18 bits per heavy atom. The Hall–Kier alpha value is -2.41. The molecule has 1 aliphatic carbocycles. The van der Waals surface area contributed by atoms with Crippen LogP contribution in [0.5, 0.6) is 0 Å². The fraction of sp³-hybridized carbons (Fsp3) is 0.429. The van der Waals surface area contributed by atoms with Gasteiger partial charge < -0.3 is 14.7 Å². The molecule has 2 heterocycles. The van der Waals surface area contributed by atoms with Gasteiger partial charge in [0, 0.05) is 31.6 Å². The number of hydrogen-bond acceptors (Lipinski definition) is 3. The maximum atomic E-state index is 13.5. The largest absolute Gasteiger partial charge is 0.331 e. The minimum atomic E-state index is -0.292. The lowest BCUT2D eigenvalue weighted by atomic mass is 9.93. The fourth-order valence-electron chi connectivity index (χ4n) is 3.82. The molecule has 148 valence electrons. The monoisotopic (exact) mass is 401 g/mol. The number of carbonyl (C=O) groups is 2. The molecule has 1 fully saturated rings. The Morgan fingerprint density at radius 3 is 2.54 bits per heavy atom. The number of nitrogens with zero attached hydrogens (tertiary/aromatic N) is 3. The van der Waals surface area contributed by atoms with Crippen LogP contribution in [0.4, 0.5) is 9.18 Å². The molecule has 0 spiro atoms. The van der Waals surface area contributed by atoms with Crippen molar-refractivity contribution in [3.8, 4) is 0 Å². The second-order valence-electron chi connectivity index (χ2n) is 7.63. The second kappa shape index (κ2) is 7.54. The third kappa shape index (κ3) is 3.63. The highest BCUT2D eigenvalue weighted by Gasteiger charge is 2.38. The maximum Gasteiger partial charge on any atom is 0.320 e. The fourth-order valence-corrected chi connectivity index (χ4v) is 4.73. The first-order valence-corrected chi connectivity index (χ1v) is 10.4. The molecular weight excluding hydrogens is 377 g/mol. The van der Waals surface area contributed by atoms with Crippen molar-refractivity contribution in [1.29, 1.82) is 0 Å². The number of urea groups is 1. The highest BCUT2D eigenvalue weighted by Crippen LogP contribution is 2.38. The van der Waals surface area contributed by atoms with E-state index in [-0.39, 0.29) is 36.4 Å². The Bertz CT molecular complexity index is 876. The van der Waals surface area contributed by atoms with Gasteiger partial charge >= 0.3 is 6.03 Å². The van der Waals surface area contributed by atoms with Crippen molar-refractivity contribution >= 4 is 23.3 Å². The molecule has 2 aliphatic rings. The zero-order valence-corrected chi connectivity index (χ0v) is 16.9. The molecule has 1 atom stereocenters. The van der Waals surface area contributed by atoms with E-state index in [1.807, 2.05) is 10.3 Å². The van der Waals surface area contributed by atoms with E-state index in [1.54, 1.807) is 42.5 Å². The molecule has 3 amide bonds. The van der Waals surface area contributed by atoms with E-state index in [1.165, 1.54) is 21.9 Å². The molecule has 1 aromatic heterocycles. The first kappa shape index (κ1) is 18.9. The van der Waals surface area contributed by atoms with Crippen LogP contribution in [0.3, 0.4) is 0 Å². The zero-order chi connectivity index (χ0) is 19.8. The molecule has 0 radical (unpaired) electrons. The van der Waals surface area contributed by atoms with Crippen LogP contribution >= 0.6 is 11.3 Å². The minimum Gasteiger partial charge on any atom is -0.331 e. The molecular formula is C21H24FN3O2S. The van der Waals surface area contributed by atoms with Gasteiger partial charge in [0.25, 0.3) is 0 Å². The summed E-state index contributed by atoms with van der Waals surface area (Å²) >= 11 is 1.70. The summed E-state index contributed by atoms with van der Waals surface area (Å²) in [5.74, 6) is -0.354. The topological polar surface area (TPSA) is 43.9 Å². The summed E-state index contributed by atoms with van der Waals surface area (Å²) in [6.07, 6.45) is 2.70. The molecule has 4 rings (SSSR count). The van der Waals surface area contributed by atoms with Crippen LogP contribution < -0.4 is 0 Å². The van der Waals surface area contributed by atoms with Gasteiger partial charge in [0.15, 0.2) is 0 Å². The average Bonchev–Trinajstić information content (AvgIpc) is 3.41. The van der Waals surface area contributed by atoms with Crippen LogP contribution in [0.15, 0.2) is 35.7 Å². The van der Waals surface area contributed by atoms with E-state index in [2.05, 4.69) is 6.07 Å². The number of benzene rings is 1. The van der Waals surface area contributed by atoms with Gasteiger partial charge in [0.05, 0.1) is 6.04 Å². The van der Waals surface area contributed by atoms with E-state index in [9.17, 15) is 14.0 Å².